The molecule has 162 valence electrons. The monoisotopic (exact) mass is 462 g/mol. The number of ether oxygens (including phenoxy) is 1. The van der Waals surface area contributed by atoms with Crippen molar-refractivity contribution in [3.05, 3.63) is 82.1 Å². The van der Waals surface area contributed by atoms with Crippen LogP contribution in [-0.4, -0.2) is 21.4 Å². The summed E-state index contributed by atoms with van der Waals surface area (Å²) in [4.78, 5) is 12.5. The SMILES string of the molecule is COc1ccc(NC(=O)c2cc(S(=O)(=O)Nc3ccc(C)c(C)c3)ccc2Cl)cc1F. The van der Waals surface area contributed by atoms with Crippen molar-refractivity contribution >= 4 is 38.9 Å². The van der Waals surface area contributed by atoms with E-state index >= 15 is 0 Å². The Morgan fingerprint density at radius 2 is 1.68 bits per heavy atom. The van der Waals surface area contributed by atoms with Gasteiger partial charge in [-0.25, -0.2) is 12.8 Å². The average Bonchev–Trinajstić information content (AvgIpc) is 2.71. The van der Waals surface area contributed by atoms with Crippen LogP contribution in [0.25, 0.3) is 0 Å². The molecule has 0 heterocycles. The minimum absolute atomic E-state index is 0.0292. The normalized spacial score (nSPS) is 11.1. The van der Waals surface area contributed by atoms with Crippen LogP contribution in [0.15, 0.2) is 59.5 Å². The van der Waals surface area contributed by atoms with Gasteiger partial charge < -0.3 is 10.1 Å². The number of carbonyl (C=O) groups is 1. The van der Waals surface area contributed by atoms with Gasteiger partial charge in [0.25, 0.3) is 15.9 Å². The number of benzene rings is 3. The van der Waals surface area contributed by atoms with E-state index in [4.69, 9.17) is 16.3 Å². The molecule has 2 N–H and O–H groups in total. The summed E-state index contributed by atoms with van der Waals surface area (Å²) in [7, 11) is -2.64. The molecular formula is C22H20ClFN2O4S. The number of rotatable bonds is 6. The Labute approximate surface area is 185 Å². The zero-order valence-electron chi connectivity index (χ0n) is 17.0. The van der Waals surface area contributed by atoms with Gasteiger partial charge in [0.2, 0.25) is 0 Å². The predicted molar refractivity (Wildman–Crippen MR) is 119 cm³/mol. The lowest BCUT2D eigenvalue weighted by atomic mass is 10.1. The third kappa shape index (κ3) is 5.15. The minimum atomic E-state index is -3.97. The van der Waals surface area contributed by atoms with E-state index in [1.165, 1.54) is 37.4 Å². The van der Waals surface area contributed by atoms with Crippen molar-refractivity contribution in [1.29, 1.82) is 0 Å². The van der Waals surface area contributed by atoms with E-state index in [9.17, 15) is 17.6 Å². The maximum Gasteiger partial charge on any atom is 0.261 e. The van der Waals surface area contributed by atoms with Crippen LogP contribution in [-0.2, 0) is 10.0 Å². The van der Waals surface area contributed by atoms with Gasteiger partial charge >= 0.3 is 0 Å². The summed E-state index contributed by atoms with van der Waals surface area (Å²) in [6.07, 6.45) is 0. The van der Waals surface area contributed by atoms with Crippen molar-refractivity contribution in [2.75, 3.05) is 17.1 Å². The lowest BCUT2D eigenvalue weighted by Gasteiger charge is -2.12. The van der Waals surface area contributed by atoms with Gasteiger partial charge in [0.15, 0.2) is 11.6 Å². The molecule has 3 aromatic carbocycles. The molecule has 0 aliphatic carbocycles. The van der Waals surface area contributed by atoms with Crippen LogP contribution in [0.5, 0.6) is 5.75 Å². The second-order valence-corrected chi connectivity index (χ2v) is 8.94. The first kappa shape index (κ1) is 22.6. The van der Waals surface area contributed by atoms with Crippen LogP contribution in [0, 0.1) is 19.7 Å². The highest BCUT2D eigenvalue weighted by Gasteiger charge is 2.20. The molecule has 31 heavy (non-hydrogen) atoms. The molecule has 0 saturated heterocycles. The van der Waals surface area contributed by atoms with Crippen molar-refractivity contribution in [2.45, 2.75) is 18.7 Å². The lowest BCUT2D eigenvalue weighted by molar-refractivity contribution is 0.102. The Morgan fingerprint density at radius 1 is 0.968 bits per heavy atom. The number of sulfonamides is 1. The van der Waals surface area contributed by atoms with Crippen molar-refractivity contribution in [2.24, 2.45) is 0 Å². The molecule has 0 saturated carbocycles. The number of hydrogen-bond donors (Lipinski definition) is 2. The van der Waals surface area contributed by atoms with Crippen molar-refractivity contribution < 1.29 is 22.3 Å². The fourth-order valence-corrected chi connectivity index (χ4v) is 4.09. The smallest absolute Gasteiger partial charge is 0.261 e. The van der Waals surface area contributed by atoms with Crippen molar-refractivity contribution in [3.8, 4) is 5.75 Å². The number of halogens is 2. The number of methoxy groups -OCH3 is 1. The third-order valence-corrected chi connectivity index (χ3v) is 6.37. The summed E-state index contributed by atoms with van der Waals surface area (Å²) in [6.45, 7) is 3.80. The summed E-state index contributed by atoms with van der Waals surface area (Å²) >= 11 is 6.11. The van der Waals surface area contributed by atoms with Gasteiger partial charge in [-0.05, 0) is 67.4 Å². The summed E-state index contributed by atoms with van der Waals surface area (Å²) in [6, 6.07) is 12.9. The molecule has 3 aromatic rings. The summed E-state index contributed by atoms with van der Waals surface area (Å²) in [5, 5.41) is 2.55. The molecule has 0 aromatic heterocycles. The van der Waals surface area contributed by atoms with E-state index < -0.39 is 21.7 Å². The van der Waals surface area contributed by atoms with Gasteiger partial charge in [0.1, 0.15) is 0 Å². The molecule has 6 nitrogen and oxygen atoms in total. The van der Waals surface area contributed by atoms with Gasteiger partial charge in [-0.2, -0.15) is 0 Å². The van der Waals surface area contributed by atoms with Crippen molar-refractivity contribution in [3.63, 3.8) is 0 Å². The zero-order chi connectivity index (χ0) is 22.8. The molecule has 0 aliphatic rings. The largest absolute Gasteiger partial charge is 0.494 e. The van der Waals surface area contributed by atoms with Crippen LogP contribution in [0.4, 0.5) is 15.8 Å². The van der Waals surface area contributed by atoms with E-state index in [1.807, 2.05) is 19.9 Å². The van der Waals surface area contributed by atoms with Gasteiger partial charge in [0, 0.05) is 17.4 Å². The maximum absolute atomic E-state index is 13.9. The van der Waals surface area contributed by atoms with Crippen LogP contribution in [0.2, 0.25) is 5.02 Å². The Bertz CT molecular complexity index is 1260. The fraction of sp³-hybridized carbons (Fsp3) is 0.136. The first-order valence-electron chi connectivity index (χ1n) is 9.15. The number of anilines is 2. The average molecular weight is 463 g/mol. The lowest BCUT2D eigenvalue weighted by Crippen LogP contribution is -2.16. The summed E-state index contributed by atoms with van der Waals surface area (Å²) in [5.74, 6) is -1.31. The fourth-order valence-electron chi connectivity index (χ4n) is 2.81. The molecule has 1 amide bonds. The molecule has 0 unspecified atom stereocenters. The first-order valence-corrected chi connectivity index (χ1v) is 11.0. The molecule has 0 fully saturated rings. The maximum atomic E-state index is 13.9. The number of amides is 1. The molecule has 0 aliphatic heterocycles. The van der Waals surface area contributed by atoms with Gasteiger partial charge in [-0.15, -0.1) is 0 Å². The number of nitrogens with one attached hydrogen (secondary N) is 2. The molecule has 0 radical (unpaired) electrons. The predicted octanol–water partition coefficient (Wildman–Crippen LogP) is 5.16. The number of aryl methyl sites for hydroxylation is 2. The standard InChI is InChI=1S/C22H20ClFN2O4S/c1-13-4-5-16(10-14(13)2)26-31(28,29)17-7-8-19(23)18(12-17)22(27)25-15-6-9-21(30-3)20(24)11-15/h4-12,26H,1-3H3,(H,25,27). The molecule has 0 bridgehead atoms. The zero-order valence-corrected chi connectivity index (χ0v) is 18.6. The van der Waals surface area contributed by atoms with E-state index in [0.29, 0.717) is 5.69 Å². The molecule has 3 rings (SSSR count). The highest BCUT2D eigenvalue weighted by molar-refractivity contribution is 7.92. The topological polar surface area (TPSA) is 84.5 Å². The minimum Gasteiger partial charge on any atom is -0.494 e. The van der Waals surface area contributed by atoms with E-state index in [-0.39, 0.29) is 26.9 Å². The number of hydrogen-bond acceptors (Lipinski definition) is 4. The quantitative estimate of drug-likeness (QED) is 0.530. The Balaban J connectivity index is 1.87. The second kappa shape index (κ2) is 8.95. The third-order valence-electron chi connectivity index (χ3n) is 4.66. The Morgan fingerprint density at radius 3 is 2.32 bits per heavy atom. The van der Waals surface area contributed by atoms with Crippen LogP contribution < -0.4 is 14.8 Å². The van der Waals surface area contributed by atoms with Crippen LogP contribution >= 0.6 is 11.6 Å². The Hall–Kier alpha value is -3.10. The highest BCUT2D eigenvalue weighted by Crippen LogP contribution is 2.26. The first-order chi connectivity index (χ1) is 14.6. The summed E-state index contributed by atoms with van der Waals surface area (Å²) in [5.41, 5.74) is 2.46. The molecule has 0 spiro atoms. The van der Waals surface area contributed by atoms with Crippen LogP contribution in [0.3, 0.4) is 0 Å². The number of carbonyl (C=O) groups excluding carboxylic acids is 1. The van der Waals surface area contributed by atoms with Gasteiger partial charge in [-0.1, -0.05) is 17.7 Å². The van der Waals surface area contributed by atoms with Gasteiger partial charge in [0.05, 0.1) is 22.6 Å². The van der Waals surface area contributed by atoms with E-state index in [1.54, 1.807) is 12.1 Å². The highest BCUT2D eigenvalue weighted by atomic mass is 35.5. The second-order valence-electron chi connectivity index (χ2n) is 6.85. The summed E-state index contributed by atoms with van der Waals surface area (Å²) < 4.78 is 46.8. The van der Waals surface area contributed by atoms with E-state index in [0.717, 1.165) is 17.2 Å². The molecular weight excluding hydrogens is 443 g/mol. The molecule has 9 heteroatoms. The van der Waals surface area contributed by atoms with Gasteiger partial charge in [-0.3, -0.25) is 9.52 Å². The molecule has 0 atom stereocenters. The van der Waals surface area contributed by atoms with Crippen molar-refractivity contribution in [1.82, 2.24) is 0 Å². The van der Waals surface area contributed by atoms with Crippen LogP contribution in [0.1, 0.15) is 21.5 Å². The Kier molecular flexibility index (Phi) is 6.52. The van der Waals surface area contributed by atoms with E-state index in [2.05, 4.69) is 10.0 Å².